The van der Waals surface area contributed by atoms with E-state index in [0.717, 1.165) is 24.1 Å². The SMILES string of the molecule is [C-]#[N+]c1ccc2c(n1)c(N1C[C@@H](CC)N(C(C)c3ccc(C(F)(F)F)cc3)C[C@@H]1C)cc(=O)n2C. The fraction of sp³-hybridized carbons (Fsp3) is 0.423. The summed E-state index contributed by atoms with van der Waals surface area (Å²) in [4.78, 5) is 25.2. The number of pyridine rings is 2. The zero-order valence-electron chi connectivity index (χ0n) is 20.2. The van der Waals surface area contributed by atoms with E-state index in [1.165, 1.54) is 4.57 Å². The quantitative estimate of drug-likeness (QED) is 0.457. The van der Waals surface area contributed by atoms with Crippen LogP contribution in [0.15, 0.2) is 47.3 Å². The number of rotatable bonds is 4. The predicted octanol–water partition coefficient (Wildman–Crippen LogP) is 5.55. The molecule has 1 aliphatic rings. The maximum atomic E-state index is 13.0. The van der Waals surface area contributed by atoms with Crippen LogP contribution < -0.4 is 10.5 Å². The Bertz CT molecular complexity index is 1330. The van der Waals surface area contributed by atoms with Crippen molar-refractivity contribution in [2.45, 2.75) is 51.5 Å². The van der Waals surface area contributed by atoms with Crippen molar-refractivity contribution in [3.8, 4) is 0 Å². The highest BCUT2D eigenvalue weighted by Gasteiger charge is 2.36. The lowest BCUT2D eigenvalue weighted by atomic mass is 9.97. The molecule has 0 N–H and O–H groups in total. The highest BCUT2D eigenvalue weighted by molar-refractivity contribution is 5.89. The predicted molar refractivity (Wildman–Crippen MR) is 131 cm³/mol. The van der Waals surface area contributed by atoms with Crippen LogP contribution in [0.5, 0.6) is 0 Å². The number of hydrogen-bond acceptors (Lipinski definition) is 4. The lowest BCUT2D eigenvalue weighted by Crippen LogP contribution is -2.58. The Kier molecular flexibility index (Phi) is 6.60. The minimum Gasteiger partial charge on any atom is -0.362 e. The molecule has 0 amide bonds. The zero-order chi connectivity index (χ0) is 25.5. The minimum absolute atomic E-state index is 0.0170. The van der Waals surface area contributed by atoms with Crippen LogP contribution in [0.3, 0.4) is 0 Å². The summed E-state index contributed by atoms with van der Waals surface area (Å²) in [7, 11) is 1.69. The third-order valence-corrected chi connectivity index (χ3v) is 7.05. The van der Waals surface area contributed by atoms with Crippen molar-refractivity contribution in [3.63, 3.8) is 0 Å². The largest absolute Gasteiger partial charge is 0.416 e. The van der Waals surface area contributed by atoms with Crippen LogP contribution in [0.25, 0.3) is 15.9 Å². The van der Waals surface area contributed by atoms with E-state index in [2.05, 4.69) is 33.5 Å². The number of halogens is 3. The van der Waals surface area contributed by atoms with E-state index in [4.69, 9.17) is 6.57 Å². The minimum atomic E-state index is -4.36. The van der Waals surface area contributed by atoms with Crippen LogP contribution in [-0.4, -0.2) is 39.6 Å². The van der Waals surface area contributed by atoms with Gasteiger partial charge in [-0.15, -0.1) is 4.98 Å². The Morgan fingerprint density at radius 3 is 2.46 bits per heavy atom. The number of fused-ring (bicyclic) bond motifs is 1. The number of piperazine rings is 1. The van der Waals surface area contributed by atoms with Crippen molar-refractivity contribution in [2.24, 2.45) is 7.05 Å². The molecular weight excluding hydrogens is 455 g/mol. The fourth-order valence-electron chi connectivity index (χ4n) is 4.96. The van der Waals surface area contributed by atoms with Crippen molar-refractivity contribution in [1.82, 2.24) is 14.5 Å². The Balaban J connectivity index is 1.67. The number of hydrogen-bond donors (Lipinski definition) is 0. The molecule has 0 spiro atoms. The summed E-state index contributed by atoms with van der Waals surface area (Å²) < 4.78 is 40.5. The van der Waals surface area contributed by atoms with Crippen LogP contribution >= 0.6 is 0 Å². The Hall–Kier alpha value is -3.38. The van der Waals surface area contributed by atoms with E-state index < -0.39 is 11.7 Å². The molecule has 184 valence electrons. The van der Waals surface area contributed by atoms with Gasteiger partial charge in [0.25, 0.3) is 11.4 Å². The van der Waals surface area contributed by atoms with Crippen molar-refractivity contribution in [2.75, 3.05) is 18.0 Å². The average molecular weight is 484 g/mol. The molecule has 9 heteroatoms. The maximum Gasteiger partial charge on any atom is 0.416 e. The summed E-state index contributed by atoms with van der Waals surface area (Å²) in [5.74, 6) is 0.270. The maximum absolute atomic E-state index is 13.0. The fourth-order valence-corrected chi connectivity index (χ4v) is 4.96. The van der Waals surface area contributed by atoms with Crippen LogP contribution in [0, 0.1) is 6.57 Å². The molecule has 0 saturated carbocycles. The molecule has 0 bridgehead atoms. The van der Waals surface area contributed by atoms with Crippen LogP contribution in [0.4, 0.5) is 24.7 Å². The van der Waals surface area contributed by atoms with Gasteiger partial charge < -0.3 is 14.3 Å². The van der Waals surface area contributed by atoms with Gasteiger partial charge in [-0.2, -0.15) is 13.2 Å². The molecular formula is C26H28F3N5O. The first kappa shape index (κ1) is 24.7. The standard InChI is InChI=1S/C26H28F3N5O/c1-6-20-15-33(22-13-24(35)32(5)21-11-12-23(30-4)31-25(21)22)16(2)14-34(20)17(3)18-7-9-19(10-8-18)26(27,28)29/h7-13,16-17,20H,6,14-15H2,1-3,5H3/t16-,17?,20+/m0/s1. The van der Waals surface area contributed by atoms with E-state index in [-0.39, 0.29) is 29.5 Å². The summed E-state index contributed by atoms with van der Waals surface area (Å²) in [5, 5.41) is 0. The molecule has 4 rings (SSSR count). The highest BCUT2D eigenvalue weighted by atomic mass is 19.4. The van der Waals surface area contributed by atoms with E-state index in [0.29, 0.717) is 29.8 Å². The molecule has 1 aromatic carbocycles. The Labute approximate surface area is 202 Å². The average Bonchev–Trinajstić information content (AvgIpc) is 2.85. The van der Waals surface area contributed by atoms with Gasteiger partial charge in [0.1, 0.15) is 0 Å². The number of alkyl halides is 3. The molecule has 1 fully saturated rings. The van der Waals surface area contributed by atoms with Gasteiger partial charge in [-0.05, 0) is 50.1 Å². The summed E-state index contributed by atoms with van der Waals surface area (Å²) in [5.41, 5.74) is 2.03. The van der Waals surface area contributed by atoms with Gasteiger partial charge >= 0.3 is 6.18 Å². The first-order valence-corrected chi connectivity index (χ1v) is 11.6. The molecule has 35 heavy (non-hydrogen) atoms. The lowest BCUT2D eigenvalue weighted by Gasteiger charge is -2.48. The van der Waals surface area contributed by atoms with Crippen LogP contribution in [0.1, 0.15) is 44.4 Å². The smallest absolute Gasteiger partial charge is 0.362 e. The second kappa shape index (κ2) is 9.34. The monoisotopic (exact) mass is 483 g/mol. The van der Waals surface area contributed by atoms with Crippen molar-refractivity contribution < 1.29 is 13.2 Å². The topological polar surface area (TPSA) is 45.7 Å². The Morgan fingerprint density at radius 2 is 1.86 bits per heavy atom. The van der Waals surface area contributed by atoms with Crippen LogP contribution in [0.2, 0.25) is 0 Å². The summed E-state index contributed by atoms with van der Waals surface area (Å²) in [6.45, 7) is 14.8. The van der Waals surface area contributed by atoms with E-state index >= 15 is 0 Å². The molecule has 3 aromatic rings. The molecule has 6 nitrogen and oxygen atoms in total. The van der Waals surface area contributed by atoms with Gasteiger partial charge in [-0.3, -0.25) is 9.69 Å². The summed E-state index contributed by atoms with van der Waals surface area (Å²) in [6.07, 6.45) is -3.53. The molecule has 2 aromatic heterocycles. The third kappa shape index (κ3) is 4.63. The third-order valence-electron chi connectivity index (χ3n) is 7.05. The molecule has 0 aliphatic carbocycles. The van der Waals surface area contributed by atoms with Gasteiger partial charge in [0.05, 0.1) is 16.8 Å². The van der Waals surface area contributed by atoms with E-state index in [1.807, 2.05) is 6.92 Å². The highest BCUT2D eigenvalue weighted by Crippen LogP contribution is 2.35. The molecule has 1 aliphatic heterocycles. The van der Waals surface area contributed by atoms with Gasteiger partial charge in [-0.25, -0.2) is 0 Å². The van der Waals surface area contributed by atoms with Gasteiger partial charge in [0.15, 0.2) is 0 Å². The van der Waals surface area contributed by atoms with Crippen LogP contribution in [-0.2, 0) is 13.2 Å². The normalized spacial score (nSPS) is 20.1. The number of benzene rings is 1. The molecule has 1 unspecified atom stereocenters. The van der Waals surface area contributed by atoms with Gasteiger partial charge in [0.2, 0.25) is 5.52 Å². The number of nitrogens with zero attached hydrogens (tertiary/aromatic N) is 5. The van der Waals surface area contributed by atoms with Crippen molar-refractivity contribution >= 4 is 22.5 Å². The van der Waals surface area contributed by atoms with E-state index in [9.17, 15) is 18.0 Å². The number of aryl methyl sites for hydroxylation is 1. The number of aromatic nitrogens is 2. The van der Waals surface area contributed by atoms with Gasteiger partial charge in [0, 0.05) is 44.3 Å². The first-order chi connectivity index (χ1) is 16.5. The second-order valence-electron chi connectivity index (χ2n) is 9.13. The molecule has 0 radical (unpaired) electrons. The van der Waals surface area contributed by atoms with E-state index in [1.54, 1.807) is 37.4 Å². The lowest BCUT2D eigenvalue weighted by molar-refractivity contribution is -0.137. The molecule has 3 atom stereocenters. The Morgan fingerprint density at radius 1 is 1.17 bits per heavy atom. The van der Waals surface area contributed by atoms with Crippen molar-refractivity contribution in [3.05, 3.63) is 75.4 Å². The summed E-state index contributed by atoms with van der Waals surface area (Å²) >= 11 is 0. The molecule has 1 saturated heterocycles. The number of anilines is 1. The molecule has 3 heterocycles. The van der Waals surface area contributed by atoms with Crippen molar-refractivity contribution in [1.29, 1.82) is 0 Å². The first-order valence-electron chi connectivity index (χ1n) is 11.6. The summed E-state index contributed by atoms with van der Waals surface area (Å²) in [6, 6.07) is 10.4. The second-order valence-corrected chi connectivity index (χ2v) is 9.13. The van der Waals surface area contributed by atoms with Gasteiger partial charge in [-0.1, -0.05) is 25.6 Å². The zero-order valence-corrected chi connectivity index (χ0v) is 20.2.